The van der Waals surface area contributed by atoms with E-state index in [4.69, 9.17) is 0 Å². The van der Waals surface area contributed by atoms with Crippen molar-refractivity contribution in [3.8, 4) is 0 Å². The van der Waals surface area contributed by atoms with Gasteiger partial charge >= 0.3 is 12.4 Å². The maximum Gasteiger partial charge on any atom is 0.416 e. The molecule has 0 bridgehead atoms. The smallest absolute Gasteiger partial charge is 0.416 e. The third kappa shape index (κ3) is 7.00. The number of rotatable bonds is 3. The number of hydrogen-bond donors (Lipinski definition) is 0. The maximum atomic E-state index is 11.3. The predicted octanol–water partition coefficient (Wildman–Crippen LogP) is 1.17. The van der Waals surface area contributed by atoms with Crippen LogP contribution in [0.15, 0.2) is 0 Å². The Balaban J connectivity index is 0. The van der Waals surface area contributed by atoms with Gasteiger partial charge in [0.15, 0.2) is 0 Å². The number of nitrogens with zero attached hydrogens (tertiary/aromatic N) is 3. The lowest BCUT2D eigenvalue weighted by atomic mass is 10.3. The molecule has 0 saturated heterocycles. The van der Waals surface area contributed by atoms with Gasteiger partial charge in [-0.3, -0.25) is 0 Å². The summed E-state index contributed by atoms with van der Waals surface area (Å²) in [6, 6.07) is 0. The molecule has 0 aromatic carbocycles. The minimum Gasteiger partial charge on any atom is -0.811 e. The molecular weight excluding hydrogens is 331 g/mol. The van der Waals surface area contributed by atoms with E-state index in [1.165, 1.54) is 0 Å². The van der Waals surface area contributed by atoms with Gasteiger partial charge in [0.25, 0.3) is 11.5 Å². The van der Waals surface area contributed by atoms with Crippen LogP contribution in [0.25, 0.3) is 0 Å². The first-order valence-electron chi connectivity index (χ1n) is 5.26. The van der Waals surface area contributed by atoms with Gasteiger partial charge in [-0.15, -0.1) is 0 Å². The molecule has 0 aliphatic rings. The Morgan fingerprint density at radius 2 is 0.810 bits per heavy atom. The molecule has 0 fully saturated rings. The van der Waals surface area contributed by atoms with E-state index >= 15 is 0 Å². The highest BCUT2D eigenvalue weighted by Gasteiger charge is 2.63. The van der Waals surface area contributed by atoms with E-state index in [-0.39, 0.29) is 11.5 Å². The van der Waals surface area contributed by atoms with Gasteiger partial charge in [-0.1, -0.05) is 12.9 Å². The Hall–Kier alpha value is -0.300. The zero-order chi connectivity index (χ0) is 17.8. The van der Waals surface area contributed by atoms with Gasteiger partial charge in [-0.25, -0.2) is 4.39 Å². The summed E-state index contributed by atoms with van der Waals surface area (Å²) in [4.78, 5) is 0. The molecule has 4 nitrogen and oxygen atoms in total. The molecule has 130 valence electrons. The summed E-state index contributed by atoms with van der Waals surface area (Å²) in [5.41, 5.74) is 0. The van der Waals surface area contributed by atoms with E-state index in [1.807, 2.05) is 0 Å². The second kappa shape index (κ2) is 7.81. The number of alkyl halides is 7. The summed E-state index contributed by atoms with van der Waals surface area (Å²) < 4.78 is 83.4. The first-order valence-corrected chi connectivity index (χ1v) is 6.35. The Kier molecular flexibility index (Phi) is 8.54. The van der Waals surface area contributed by atoms with Crippen LogP contribution in [0.1, 0.15) is 0 Å². The molecule has 21 heavy (non-hydrogen) atoms. The van der Waals surface area contributed by atoms with E-state index in [0.717, 1.165) is 0 Å². The number of hydrogen-bond acceptors (Lipinski definition) is 4. The van der Waals surface area contributed by atoms with E-state index in [9.17, 15) is 35.8 Å². The molecule has 0 N–H and O–H groups in total. The van der Waals surface area contributed by atoms with Crippen molar-refractivity contribution in [2.45, 2.75) is 18.2 Å². The van der Waals surface area contributed by atoms with Crippen molar-refractivity contribution in [3.05, 3.63) is 0 Å². The topological polar surface area (TPSA) is 32.8 Å². The predicted molar refractivity (Wildman–Crippen MR) is 64.4 cm³/mol. The molecule has 0 spiro atoms. The van der Waals surface area contributed by atoms with Gasteiger partial charge in [0, 0.05) is 42.3 Å². The second-order valence-corrected chi connectivity index (χ2v) is 6.95. The third-order valence-electron chi connectivity index (χ3n) is 1.71. The zero-order valence-corrected chi connectivity index (χ0v) is 13.1. The Morgan fingerprint density at radius 3 is 0.810 bits per heavy atom. The van der Waals surface area contributed by atoms with Crippen molar-refractivity contribution in [2.75, 3.05) is 42.3 Å². The normalized spacial score (nSPS) is 14.0. The molecule has 0 aromatic rings. The molecule has 0 aliphatic carbocycles. The van der Waals surface area contributed by atoms with Gasteiger partial charge in [0.05, 0.1) is 0 Å². The van der Waals surface area contributed by atoms with Crippen molar-refractivity contribution in [1.82, 2.24) is 12.9 Å². The van der Waals surface area contributed by atoms with Crippen LogP contribution in [0.2, 0.25) is 0 Å². The Labute approximate surface area is 121 Å². The van der Waals surface area contributed by atoms with Crippen LogP contribution in [0.3, 0.4) is 0 Å². The van der Waals surface area contributed by atoms with Gasteiger partial charge < -0.3 is 5.11 Å². The largest absolute Gasteiger partial charge is 0.811 e. The molecule has 0 aliphatic heterocycles. The van der Waals surface area contributed by atoms with Crippen LogP contribution in [-0.4, -0.2) is 73.4 Å². The van der Waals surface area contributed by atoms with Crippen LogP contribution in [0, 0.1) is 0 Å². The fourth-order valence-corrected chi connectivity index (χ4v) is 3.10. The van der Waals surface area contributed by atoms with Crippen molar-refractivity contribution in [1.29, 1.82) is 0 Å². The van der Waals surface area contributed by atoms with Crippen LogP contribution in [0.5, 0.6) is 0 Å². The summed E-state index contributed by atoms with van der Waals surface area (Å²) in [6.07, 6.45) is -12.9. The SMILES string of the molecule is CN(C)[S+](N(C)C)N(C)C.[O-]C(F)(C(F)(F)F)C(F)(F)F. The monoisotopic (exact) mass is 349 g/mol. The highest BCUT2D eigenvalue weighted by atomic mass is 32.2. The molecule has 0 saturated carbocycles. The van der Waals surface area contributed by atoms with Crippen molar-refractivity contribution < 1.29 is 35.8 Å². The molecule has 12 heteroatoms. The number of halogens is 7. The van der Waals surface area contributed by atoms with Crippen LogP contribution >= 0.6 is 0 Å². The zero-order valence-electron chi connectivity index (χ0n) is 12.3. The highest BCUT2D eigenvalue weighted by molar-refractivity contribution is 7.90. The highest BCUT2D eigenvalue weighted by Crippen LogP contribution is 2.41. The van der Waals surface area contributed by atoms with E-state index < -0.39 is 18.2 Å². The fourth-order valence-electron chi connectivity index (χ4n) is 1.14. The summed E-state index contributed by atoms with van der Waals surface area (Å²) >= 11 is 0.120. The van der Waals surface area contributed by atoms with E-state index in [2.05, 4.69) is 55.2 Å². The summed E-state index contributed by atoms with van der Waals surface area (Å²) in [5.74, 6) is -6.38. The molecule has 0 atom stereocenters. The van der Waals surface area contributed by atoms with Crippen LogP contribution in [-0.2, 0) is 11.5 Å². The Bertz CT molecular complexity index is 270. The third-order valence-corrected chi connectivity index (χ3v) is 3.67. The van der Waals surface area contributed by atoms with Gasteiger partial charge in [-0.2, -0.15) is 26.3 Å². The van der Waals surface area contributed by atoms with Gasteiger partial charge in [-0.05, 0) is 0 Å². The summed E-state index contributed by atoms with van der Waals surface area (Å²) in [5, 5.41) is 9.23. The van der Waals surface area contributed by atoms with Crippen LogP contribution in [0.4, 0.5) is 30.7 Å². The molecule has 0 radical (unpaired) electrons. The van der Waals surface area contributed by atoms with Crippen LogP contribution < -0.4 is 5.11 Å². The molecule has 0 amide bonds. The van der Waals surface area contributed by atoms with E-state index in [0.29, 0.717) is 0 Å². The molecule has 0 unspecified atom stereocenters. The summed E-state index contributed by atoms with van der Waals surface area (Å²) in [7, 11) is 12.5. The van der Waals surface area contributed by atoms with Gasteiger partial charge in [0.2, 0.25) is 5.85 Å². The second-order valence-electron chi connectivity index (χ2n) is 4.27. The minimum absolute atomic E-state index is 0.120. The average molecular weight is 349 g/mol. The first kappa shape index (κ1) is 23.0. The van der Waals surface area contributed by atoms with Crippen molar-refractivity contribution in [3.63, 3.8) is 0 Å². The molecule has 0 heterocycles. The molecule has 0 aromatic heterocycles. The van der Waals surface area contributed by atoms with E-state index in [1.54, 1.807) is 0 Å². The minimum atomic E-state index is -6.47. The standard InChI is InChI=1S/C6H18N3S.C3F7O/c1-7(2)10(8(3)4)9(5)6;4-1(11,2(5,6)7)3(8,9)10/h1-6H3;/q+1;-1. The van der Waals surface area contributed by atoms with Crippen molar-refractivity contribution in [2.24, 2.45) is 0 Å². The lowest BCUT2D eigenvalue weighted by molar-refractivity contribution is -0.634. The fraction of sp³-hybridized carbons (Fsp3) is 1.00. The maximum absolute atomic E-state index is 11.3. The average Bonchev–Trinajstić information content (AvgIpc) is 2.11. The van der Waals surface area contributed by atoms with Crippen molar-refractivity contribution >= 4 is 11.5 Å². The quantitative estimate of drug-likeness (QED) is 0.566. The van der Waals surface area contributed by atoms with Gasteiger partial charge in [0.1, 0.15) is 0 Å². The molecule has 0 rings (SSSR count). The first-order chi connectivity index (χ1) is 8.96. The summed E-state index contributed by atoms with van der Waals surface area (Å²) in [6.45, 7) is 0. The molecular formula is C9H18F7N3OS. The lowest BCUT2D eigenvalue weighted by Crippen LogP contribution is -2.62. The lowest BCUT2D eigenvalue weighted by Gasteiger charge is -2.34. The Morgan fingerprint density at radius 1 is 0.619 bits per heavy atom.